The number of thioether (sulfide) groups is 1. The Balaban J connectivity index is 4.85. The molecule has 28 heavy (non-hydrogen) atoms. The van der Waals surface area contributed by atoms with Gasteiger partial charge in [0.15, 0.2) is 0 Å². The normalized spacial score (nSPS) is 15.2. The van der Waals surface area contributed by atoms with Gasteiger partial charge in [-0.1, -0.05) is 34.1 Å². The van der Waals surface area contributed by atoms with Crippen molar-refractivity contribution in [3.63, 3.8) is 0 Å². The minimum atomic E-state index is -1.13. The van der Waals surface area contributed by atoms with Crippen LogP contribution in [0.25, 0.3) is 0 Å². The van der Waals surface area contributed by atoms with Crippen molar-refractivity contribution in [1.82, 2.24) is 16.0 Å². The highest BCUT2D eigenvalue weighted by Crippen LogP contribution is 2.06. The standard InChI is InChI=1S/C18H34N4O5S/c1-6-11(4)14(19)17(25)20-9-13(23)21-12(7-8-28-5)16(24)22-15(10(2)3)18(26)27/h10-12,14-15H,6-9,19H2,1-5H3,(H,20,25)(H,21,23)(H,22,24)(H,26,27). The first kappa shape index (κ1) is 26.2. The number of aliphatic carboxylic acids is 1. The Bertz CT molecular complexity index is 544. The summed E-state index contributed by atoms with van der Waals surface area (Å²) in [5.41, 5.74) is 5.82. The third-order valence-corrected chi connectivity index (χ3v) is 5.12. The van der Waals surface area contributed by atoms with Gasteiger partial charge in [0.2, 0.25) is 17.7 Å². The predicted molar refractivity (Wildman–Crippen MR) is 110 cm³/mol. The van der Waals surface area contributed by atoms with Crippen molar-refractivity contribution in [3.8, 4) is 0 Å². The van der Waals surface area contributed by atoms with Crippen LogP contribution in [0.1, 0.15) is 40.5 Å². The maximum absolute atomic E-state index is 12.5. The van der Waals surface area contributed by atoms with Crippen molar-refractivity contribution in [2.45, 2.75) is 58.7 Å². The molecule has 4 atom stereocenters. The number of nitrogens with one attached hydrogen (secondary N) is 3. The number of hydrogen-bond donors (Lipinski definition) is 5. The fourth-order valence-corrected chi connectivity index (χ4v) is 2.79. The van der Waals surface area contributed by atoms with Gasteiger partial charge in [0.1, 0.15) is 12.1 Å². The molecule has 0 aromatic carbocycles. The van der Waals surface area contributed by atoms with Crippen LogP contribution in [0.5, 0.6) is 0 Å². The topological polar surface area (TPSA) is 151 Å². The zero-order chi connectivity index (χ0) is 21.9. The second-order valence-corrected chi connectivity index (χ2v) is 8.08. The maximum Gasteiger partial charge on any atom is 0.326 e. The molecular weight excluding hydrogens is 384 g/mol. The number of rotatable bonds is 13. The van der Waals surface area contributed by atoms with Crippen LogP contribution >= 0.6 is 11.8 Å². The smallest absolute Gasteiger partial charge is 0.326 e. The maximum atomic E-state index is 12.5. The average Bonchev–Trinajstić information content (AvgIpc) is 2.65. The Morgan fingerprint density at radius 2 is 1.68 bits per heavy atom. The van der Waals surface area contributed by atoms with Gasteiger partial charge < -0.3 is 26.8 Å². The number of hydrogen-bond acceptors (Lipinski definition) is 6. The van der Waals surface area contributed by atoms with E-state index >= 15 is 0 Å². The first-order valence-electron chi connectivity index (χ1n) is 9.39. The van der Waals surface area contributed by atoms with Gasteiger partial charge in [0.25, 0.3) is 0 Å². The summed E-state index contributed by atoms with van der Waals surface area (Å²) in [7, 11) is 0. The summed E-state index contributed by atoms with van der Waals surface area (Å²) in [5.74, 6) is -2.39. The van der Waals surface area contributed by atoms with Crippen LogP contribution in [0, 0.1) is 11.8 Å². The highest BCUT2D eigenvalue weighted by Gasteiger charge is 2.28. The van der Waals surface area contributed by atoms with Crippen molar-refractivity contribution >= 4 is 35.5 Å². The van der Waals surface area contributed by atoms with E-state index in [9.17, 15) is 24.3 Å². The molecule has 0 fully saturated rings. The van der Waals surface area contributed by atoms with E-state index in [0.29, 0.717) is 12.2 Å². The minimum Gasteiger partial charge on any atom is -0.480 e. The van der Waals surface area contributed by atoms with E-state index in [1.165, 1.54) is 11.8 Å². The van der Waals surface area contributed by atoms with Crippen LogP contribution in [-0.4, -0.2) is 65.5 Å². The van der Waals surface area contributed by atoms with E-state index in [0.717, 1.165) is 6.42 Å². The summed E-state index contributed by atoms with van der Waals surface area (Å²) >= 11 is 1.50. The zero-order valence-electron chi connectivity index (χ0n) is 17.3. The molecule has 10 heteroatoms. The van der Waals surface area contributed by atoms with Crippen LogP contribution < -0.4 is 21.7 Å². The molecule has 3 amide bonds. The van der Waals surface area contributed by atoms with Crippen LogP contribution in [0.4, 0.5) is 0 Å². The van der Waals surface area contributed by atoms with Gasteiger partial charge in [-0.3, -0.25) is 14.4 Å². The molecule has 0 heterocycles. The lowest BCUT2D eigenvalue weighted by molar-refractivity contribution is -0.143. The molecule has 0 rings (SSSR count). The van der Waals surface area contributed by atoms with Crippen LogP contribution in [-0.2, 0) is 19.2 Å². The third-order valence-electron chi connectivity index (χ3n) is 4.48. The van der Waals surface area contributed by atoms with Gasteiger partial charge >= 0.3 is 5.97 Å². The summed E-state index contributed by atoms with van der Waals surface area (Å²) in [4.78, 5) is 47.9. The summed E-state index contributed by atoms with van der Waals surface area (Å²) in [6.45, 7) is 6.83. The molecule has 4 unspecified atom stereocenters. The fourth-order valence-electron chi connectivity index (χ4n) is 2.31. The number of nitrogens with two attached hydrogens (primary N) is 1. The molecule has 0 spiro atoms. The molecule has 0 aliphatic heterocycles. The van der Waals surface area contributed by atoms with Crippen molar-refractivity contribution in [3.05, 3.63) is 0 Å². The van der Waals surface area contributed by atoms with E-state index in [1.54, 1.807) is 13.8 Å². The second kappa shape index (κ2) is 13.4. The highest BCUT2D eigenvalue weighted by molar-refractivity contribution is 7.98. The van der Waals surface area contributed by atoms with E-state index in [1.807, 2.05) is 20.1 Å². The molecule has 0 radical (unpaired) electrons. The first-order chi connectivity index (χ1) is 13.0. The third kappa shape index (κ3) is 9.41. The molecule has 0 saturated heterocycles. The zero-order valence-corrected chi connectivity index (χ0v) is 18.1. The molecule has 0 aromatic heterocycles. The van der Waals surface area contributed by atoms with E-state index in [2.05, 4.69) is 16.0 Å². The minimum absolute atomic E-state index is 0.0212. The summed E-state index contributed by atoms with van der Waals surface area (Å²) in [5, 5.41) is 16.7. The van der Waals surface area contributed by atoms with Gasteiger partial charge in [-0.05, 0) is 30.3 Å². The Morgan fingerprint density at radius 1 is 1.07 bits per heavy atom. The number of carbonyl (C=O) groups is 4. The van der Waals surface area contributed by atoms with Crippen LogP contribution in [0.2, 0.25) is 0 Å². The lowest BCUT2D eigenvalue weighted by Crippen LogP contribution is -2.55. The summed E-state index contributed by atoms with van der Waals surface area (Å²) in [6, 6.07) is -2.65. The fraction of sp³-hybridized carbons (Fsp3) is 0.778. The van der Waals surface area contributed by atoms with E-state index in [4.69, 9.17) is 5.73 Å². The number of carbonyl (C=O) groups excluding carboxylic acids is 3. The lowest BCUT2D eigenvalue weighted by Gasteiger charge is -2.23. The first-order valence-corrected chi connectivity index (χ1v) is 10.8. The van der Waals surface area contributed by atoms with Gasteiger partial charge in [-0.2, -0.15) is 11.8 Å². The number of amides is 3. The molecule has 0 bridgehead atoms. The monoisotopic (exact) mass is 418 g/mol. The van der Waals surface area contributed by atoms with E-state index < -0.39 is 41.8 Å². The van der Waals surface area contributed by atoms with Crippen LogP contribution in [0.3, 0.4) is 0 Å². The van der Waals surface area contributed by atoms with Gasteiger partial charge in [0, 0.05) is 0 Å². The Hall–Kier alpha value is -1.81. The molecular formula is C18H34N4O5S. The van der Waals surface area contributed by atoms with Crippen molar-refractivity contribution in [2.75, 3.05) is 18.6 Å². The average molecular weight is 419 g/mol. The highest BCUT2D eigenvalue weighted by atomic mass is 32.2. The Morgan fingerprint density at radius 3 is 2.14 bits per heavy atom. The van der Waals surface area contributed by atoms with Crippen LogP contribution in [0.15, 0.2) is 0 Å². The van der Waals surface area contributed by atoms with Gasteiger partial charge in [-0.15, -0.1) is 0 Å². The lowest BCUT2D eigenvalue weighted by atomic mass is 9.99. The predicted octanol–water partition coefficient (Wildman–Crippen LogP) is -0.0607. The number of carboxylic acids is 1. The quantitative estimate of drug-likeness (QED) is 0.281. The van der Waals surface area contributed by atoms with Crippen molar-refractivity contribution in [1.29, 1.82) is 0 Å². The van der Waals surface area contributed by atoms with Gasteiger partial charge in [-0.25, -0.2) is 4.79 Å². The Kier molecular flexibility index (Phi) is 12.5. The van der Waals surface area contributed by atoms with Crippen molar-refractivity contribution < 1.29 is 24.3 Å². The molecule has 0 aliphatic rings. The molecule has 0 saturated carbocycles. The molecule has 162 valence electrons. The SMILES string of the molecule is CCC(C)C(N)C(=O)NCC(=O)NC(CCSC)C(=O)NC(C(=O)O)C(C)C. The molecule has 0 aliphatic carbocycles. The van der Waals surface area contributed by atoms with Crippen molar-refractivity contribution in [2.24, 2.45) is 17.6 Å². The largest absolute Gasteiger partial charge is 0.480 e. The summed E-state index contributed by atoms with van der Waals surface area (Å²) < 4.78 is 0. The Labute approximate surface area is 170 Å². The number of carboxylic acid groups (broad SMARTS) is 1. The van der Waals surface area contributed by atoms with E-state index in [-0.39, 0.29) is 18.4 Å². The second-order valence-electron chi connectivity index (χ2n) is 7.10. The molecule has 6 N–H and O–H groups in total. The summed E-state index contributed by atoms with van der Waals surface area (Å²) in [6.07, 6.45) is 2.93. The van der Waals surface area contributed by atoms with Gasteiger partial charge in [0.05, 0.1) is 12.6 Å². The molecule has 9 nitrogen and oxygen atoms in total. The molecule has 0 aromatic rings.